The first-order chi connectivity index (χ1) is 17.5. The Morgan fingerprint density at radius 1 is 1.03 bits per heavy atom. The second-order valence-electron chi connectivity index (χ2n) is 9.76. The molecule has 1 aliphatic rings. The predicted octanol–water partition coefficient (Wildman–Crippen LogP) is 5.27. The Morgan fingerprint density at radius 2 is 1.73 bits per heavy atom. The molecule has 0 saturated carbocycles. The van der Waals surface area contributed by atoms with Crippen molar-refractivity contribution in [3.05, 3.63) is 82.9 Å². The number of ether oxygens (including phenoxy) is 2. The number of hydrogen-bond donors (Lipinski definition) is 1. The molecule has 0 saturated heterocycles. The molecular weight excluding hydrogens is 488 g/mol. The standard InChI is InChI=1S/C29H34N2O5S/c1-18(2)23-16-24(20(4)15-27(23)35-6)21(5)30-29(32)28-17-31(25-14-19(3)12-13-26(25)36-28)37(33,34)22-10-8-7-9-11-22/h7-16,18,21,28H,17H2,1-6H3,(H,30,32)/t21-,28-/m0/s1. The van der Waals surface area contributed by atoms with Crippen LogP contribution in [0.5, 0.6) is 11.5 Å². The fourth-order valence-electron chi connectivity index (χ4n) is 4.64. The maximum Gasteiger partial charge on any atom is 0.264 e. The number of nitrogens with zero attached hydrogens (tertiary/aromatic N) is 1. The van der Waals surface area contributed by atoms with Gasteiger partial charge in [0.05, 0.1) is 30.3 Å². The molecule has 0 aromatic heterocycles. The molecule has 37 heavy (non-hydrogen) atoms. The number of sulfonamides is 1. The monoisotopic (exact) mass is 522 g/mol. The fraction of sp³-hybridized carbons (Fsp3) is 0.345. The number of carbonyl (C=O) groups is 1. The molecule has 1 aliphatic heterocycles. The first kappa shape index (κ1) is 26.5. The highest BCUT2D eigenvalue weighted by atomic mass is 32.2. The smallest absolute Gasteiger partial charge is 0.264 e. The minimum Gasteiger partial charge on any atom is -0.496 e. The highest BCUT2D eigenvalue weighted by molar-refractivity contribution is 7.92. The summed E-state index contributed by atoms with van der Waals surface area (Å²) in [5, 5.41) is 3.04. The van der Waals surface area contributed by atoms with E-state index in [1.807, 2.05) is 32.9 Å². The fourth-order valence-corrected chi connectivity index (χ4v) is 6.13. The normalized spacial score (nSPS) is 16.1. The van der Waals surface area contributed by atoms with Gasteiger partial charge in [-0.25, -0.2) is 8.42 Å². The van der Waals surface area contributed by atoms with Crippen molar-refractivity contribution in [1.29, 1.82) is 0 Å². The molecule has 196 valence electrons. The summed E-state index contributed by atoms with van der Waals surface area (Å²) in [6, 6.07) is 17.3. The minimum absolute atomic E-state index is 0.134. The zero-order chi connectivity index (χ0) is 26.9. The van der Waals surface area contributed by atoms with Crippen LogP contribution in [-0.4, -0.2) is 34.1 Å². The average molecular weight is 523 g/mol. The molecule has 4 rings (SSSR count). The molecule has 0 radical (unpaired) electrons. The largest absolute Gasteiger partial charge is 0.496 e. The van der Waals surface area contributed by atoms with E-state index in [1.54, 1.807) is 49.6 Å². The topological polar surface area (TPSA) is 84.9 Å². The summed E-state index contributed by atoms with van der Waals surface area (Å²) >= 11 is 0. The van der Waals surface area contributed by atoms with Crippen LogP contribution < -0.4 is 19.1 Å². The van der Waals surface area contributed by atoms with Gasteiger partial charge in [0.1, 0.15) is 11.5 Å². The van der Waals surface area contributed by atoms with Crippen LogP contribution in [0.4, 0.5) is 5.69 Å². The number of fused-ring (bicyclic) bond motifs is 1. The molecule has 0 bridgehead atoms. The number of amides is 1. The van der Waals surface area contributed by atoms with Crippen molar-refractivity contribution in [2.45, 2.75) is 57.6 Å². The maximum absolute atomic E-state index is 13.6. The van der Waals surface area contributed by atoms with Crippen LogP contribution in [-0.2, 0) is 14.8 Å². The number of carbonyl (C=O) groups excluding carboxylic acids is 1. The van der Waals surface area contributed by atoms with Gasteiger partial charge in [0.25, 0.3) is 15.9 Å². The Bertz CT molecular complexity index is 1400. The molecule has 1 amide bonds. The van der Waals surface area contributed by atoms with Crippen LogP contribution in [0.1, 0.15) is 55.0 Å². The lowest BCUT2D eigenvalue weighted by Crippen LogP contribution is -2.51. The summed E-state index contributed by atoms with van der Waals surface area (Å²) in [6.45, 7) is 9.83. The molecule has 0 aliphatic carbocycles. The molecule has 1 heterocycles. The third kappa shape index (κ3) is 5.30. The van der Waals surface area contributed by atoms with Crippen LogP contribution in [0.3, 0.4) is 0 Å². The summed E-state index contributed by atoms with van der Waals surface area (Å²) in [6.07, 6.45) is -1.01. The number of rotatable bonds is 7. The summed E-state index contributed by atoms with van der Waals surface area (Å²) < 4.78 is 40.1. The number of methoxy groups -OCH3 is 1. The first-order valence-corrected chi connectivity index (χ1v) is 13.8. The van der Waals surface area contributed by atoms with Gasteiger partial charge in [-0.1, -0.05) is 38.1 Å². The van der Waals surface area contributed by atoms with Crippen molar-refractivity contribution in [3.63, 3.8) is 0 Å². The third-order valence-corrected chi connectivity index (χ3v) is 8.47. The van der Waals surface area contributed by atoms with E-state index in [2.05, 4.69) is 25.2 Å². The van der Waals surface area contributed by atoms with Crippen LogP contribution in [0.15, 0.2) is 65.6 Å². The highest BCUT2D eigenvalue weighted by Crippen LogP contribution is 2.38. The van der Waals surface area contributed by atoms with Gasteiger partial charge in [-0.15, -0.1) is 0 Å². The van der Waals surface area contributed by atoms with E-state index in [4.69, 9.17) is 9.47 Å². The van der Waals surface area contributed by atoms with Gasteiger partial charge in [0.2, 0.25) is 0 Å². The SMILES string of the molecule is COc1cc(C)c([C@H](C)NC(=O)[C@@H]2CN(S(=O)(=O)c3ccccc3)c3cc(C)ccc3O2)cc1C(C)C. The molecule has 2 atom stereocenters. The second kappa shape index (κ2) is 10.5. The van der Waals surface area contributed by atoms with E-state index in [9.17, 15) is 13.2 Å². The molecule has 3 aromatic carbocycles. The van der Waals surface area contributed by atoms with Crippen molar-refractivity contribution in [2.75, 3.05) is 18.0 Å². The van der Waals surface area contributed by atoms with E-state index in [0.717, 1.165) is 28.0 Å². The van der Waals surface area contributed by atoms with Crippen molar-refractivity contribution >= 4 is 21.6 Å². The first-order valence-electron chi connectivity index (χ1n) is 12.4. The summed E-state index contributed by atoms with van der Waals surface area (Å²) in [7, 11) is -2.26. The number of hydrogen-bond acceptors (Lipinski definition) is 5. The van der Waals surface area contributed by atoms with Gasteiger partial charge >= 0.3 is 0 Å². The van der Waals surface area contributed by atoms with Crippen molar-refractivity contribution < 1.29 is 22.7 Å². The van der Waals surface area contributed by atoms with Crippen LogP contribution in [0.25, 0.3) is 0 Å². The van der Waals surface area contributed by atoms with E-state index >= 15 is 0 Å². The van der Waals surface area contributed by atoms with Gasteiger partial charge in [-0.05, 0) is 85.3 Å². The lowest BCUT2D eigenvalue weighted by molar-refractivity contribution is -0.128. The number of anilines is 1. The maximum atomic E-state index is 13.6. The number of benzene rings is 3. The minimum atomic E-state index is -3.91. The highest BCUT2D eigenvalue weighted by Gasteiger charge is 2.38. The summed E-state index contributed by atoms with van der Waals surface area (Å²) in [5.41, 5.74) is 4.34. The molecule has 8 heteroatoms. The van der Waals surface area contributed by atoms with Gasteiger partial charge in [0, 0.05) is 0 Å². The number of nitrogens with one attached hydrogen (secondary N) is 1. The van der Waals surface area contributed by atoms with Crippen molar-refractivity contribution in [3.8, 4) is 11.5 Å². The molecule has 0 unspecified atom stereocenters. The van der Waals surface area contributed by atoms with E-state index < -0.39 is 16.1 Å². The van der Waals surface area contributed by atoms with E-state index in [-0.39, 0.29) is 29.3 Å². The lowest BCUT2D eigenvalue weighted by atomic mass is 9.93. The van der Waals surface area contributed by atoms with Crippen LogP contribution in [0, 0.1) is 13.8 Å². The third-order valence-electron chi connectivity index (χ3n) is 6.67. The van der Waals surface area contributed by atoms with Gasteiger partial charge < -0.3 is 14.8 Å². The molecular formula is C29H34N2O5S. The quantitative estimate of drug-likeness (QED) is 0.457. The van der Waals surface area contributed by atoms with Crippen molar-refractivity contribution in [1.82, 2.24) is 5.32 Å². The summed E-state index contributed by atoms with van der Waals surface area (Å²) in [4.78, 5) is 13.6. The molecule has 1 N–H and O–H groups in total. The Hall–Kier alpha value is -3.52. The molecule has 0 fully saturated rings. The van der Waals surface area contributed by atoms with E-state index in [0.29, 0.717) is 11.4 Å². The Kier molecular flexibility index (Phi) is 7.50. The lowest BCUT2D eigenvalue weighted by Gasteiger charge is -2.35. The van der Waals surface area contributed by atoms with E-state index in [1.165, 1.54) is 4.31 Å². The predicted molar refractivity (Wildman–Crippen MR) is 145 cm³/mol. The Morgan fingerprint density at radius 3 is 2.38 bits per heavy atom. The Labute approximate surface area is 219 Å². The zero-order valence-corrected chi connectivity index (χ0v) is 22.9. The number of aryl methyl sites for hydroxylation is 2. The van der Waals surface area contributed by atoms with Gasteiger partial charge in [0.15, 0.2) is 6.10 Å². The van der Waals surface area contributed by atoms with Crippen LogP contribution in [0.2, 0.25) is 0 Å². The Balaban J connectivity index is 1.64. The van der Waals surface area contributed by atoms with Crippen molar-refractivity contribution in [2.24, 2.45) is 0 Å². The van der Waals surface area contributed by atoms with Crippen LogP contribution >= 0.6 is 0 Å². The molecule has 7 nitrogen and oxygen atoms in total. The molecule has 3 aromatic rings. The zero-order valence-electron chi connectivity index (χ0n) is 22.1. The second-order valence-corrected chi connectivity index (χ2v) is 11.6. The molecule has 0 spiro atoms. The van der Waals surface area contributed by atoms with Gasteiger partial charge in [-0.3, -0.25) is 9.10 Å². The average Bonchev–Trinajstić information content (AvgIpc) is 2.87. The van der Waals surface area contributed by atoms with Gasteiger partial charge in [-0.2, -0.15) is 0 Å². The summed E-state index contributed by atoms with van der Waals surface area (Å²) in [5.74, 6) is 1.04.